The largest absolute Gasteiger partial charge is 0.299 e. The summed E-state index contributed by atoms with van der Waals surface area (Å²) >= 11 is 0. The van der Waals surface area contributed by atoms with Crippen LogP contribution in [0.2, 0.25) is 0 Å². The van der Waals surface area contributed by atoms with Gasteiger partial charge in [0, 0.05) is 11.8 Å². The minimum Gasteiger partial charge on any atom is -0.299 e. The van der Waals surface area contributed by atoms with Gasteiger partial charge in [-0.05, 0) is 43.2 Å². The van der Waals surface area contributed by atoms with Gasteiger partial charge in [-0.3, -0.25) is 4.79 Å². The summed E-state index contributed by atoms with van der Waals surface area (Å²) < 4.78 is 0. The third-order valence-electron chi connectivity index (χ3n) is 5.01. The van der Waals surface area contributed by atoms with Crippen LogP contribution in [0, 0.1) is 11.8 Å². The van der Waals surface area contributed by atoms with E-state index in [9.17, 15) is 4.79 Å². The molecule has 102 valence electrons. The SMILES string of the molecule is O=C(C1CCCCCC1)C1CCc2ccccc2C1. The van der Waals surface area contributed by atoms with E-state index in [4.69, 9.17) is 0 Å². The first-order valence-electron chi connectivity index (χ1n) is 7.95. The maximum Gasteiger partial charge on any atom is 0.139 e. The predicted molar refractivity (Wildman–Crippen MR) is 78.2 cm³/mol. The number of hydrogen-bond acceptors (Lipinski definition) is 1. The topological polar surface area (TPSA) is 17.1 Å². The summed E-state index contributed by atoms with van der Waals surface area (Å²) in [5.41, 5.74) is 2.88. The molecule has 19 heavy (non-hydrogen) atoms. The van der Waals surface area contributed by atoms with Crippen molar-refractivity contribution in [3.8, 4) is 0 Å². The summed E-state index contributed by atoms with van der Waals surface area (Å²) in [6.45, 7) is 0. The van der Waals surface area contributed by atoms with E-state index in [1.54, 1.807) is 0 Å². The van der Waals surface area contributed by atoms with Crippen molar-refractivity contribution in [1.82, 2.24) is 0 Å². The molecule has 0 amide bonds. The Hall–Kier alpha value is -1.11. The highest BCUT2D eigenvalue weighted by Gasteiger charge is 2.29. The zero-order chi connectivity index (χ0) is 13.1. The van der Waals surface area contributed by atoms with Crippen molar-refractivity contribution in [3.63, 3.8) is 0 Å². The first-order valence-corrected chi connectivity index (χ1v) is 7.95. The van der Waals surface area contributed by atoms with Gasteiger partial charge in [-0.1, -0.05) is 49.9 Å². The molecule has 1 heteroatoms. The molecule has 3 rings (SSSR count). The molecule has 2 aliphatic rings. The molecule has 0 aromatic heterocycles. The van der Waals surface area contributed by atoms with Crippen molar-refractivity contribution in [1.29, 1.82) is 0 Å². The molecular weight excluding hydrogens is 232 g/mol. The normalized spacial score (nSPS) is 24.5. The van der Waals surface area contributed by atoms with Crippen LogP contribution in [0.15, 0.2) is 24.3 Å². The summed E-state index contributed by atoms with van der Waals surface area (Å²) in [5, 5.41) is 0. The molecule has 1 nitrogen and oxygen atoms in total. The molecule has 0 radical (unpaired) electrons. The van der Waals surface area contributed by atoms with Crippen molar-refractivity contribution in [2.24, 2.45) is 11.8 Å². The summed E-state index contributed by atoms with van der Waals surface area (Å²) in [5.74, 6) is 1.26. The maximum absolute atomic E-state index is 12.7. The molecule has 1 atom stereocenters. The van der Waals surface area contributed by atoms with E-state index in [1.165, 1.54) is 36.8 Å². The zero-order valence-corrected chi connectivity index (χ0v) is 11.7. The fourth-order valence-electron chi connectivity index (χ4n) is 3.84. The van der Waals surface area contributed by atoms with Gasteiger partial charge in [-0.25, -0.2) is 0 Å². The first kappa shape index (κ1) is 12.9. The van der Waals surface area contributed by atoms with Crippen LogP contribution < -0.4 is 0 Å². The van der Waals surface area contributed by atoms with Crippen molar-refractivity contribution in [2.45, 2.75) is 57.8 Å². The number of rotatable bonds is 2. The number of Topliss-reactive ketones (excluding diaryl/α,β-unsaturated/α-hetero) is 1. The Kier molecular flexibility index (Phi) is 4.00. The second-order valence-electron chi connectivity index (χ2n) is 6.30. The van der Waals surface area contributed by atoms with Crippen LogP contribution in [0.4, 0.5) is 0 Å². The standard InChI is InChI=1S/C18H24O/c19-18(15-8-3-1-2-4-9-15)17-12-11-14-7-5-6-10-16(14)13-17/h5-7,10,15,17H,1-4,8-9,11-13H2. The van der Waals surface area contributed by atoms with Gasteiger partial charge < -0.3 is 0 Å². The van der Waals surface area contributed by atoms with Crippen LogP contribution in [0.5, 0.6) is 0 Å². The molecule has 1 aromatic carbocycles. The Morgan fingerprint density at radius 3 is 2.26 bits per heavy atom. The predicted octanol–water partition coefficient (Wildman–Crippen LogP) is 4.33. The van der Waals surface area contributed by atoms with E-state index in [-0.39, 0.29) is 0 Å². The van der Waals surface area contributed by atoms with E-state index in [2.05, 4.69) is 24.3 Å². The monoisotopic (exact) mass is 256 g/mol. The second kappa shape index (κ2) is 5.90. The Morgan fingerprint density at radius 2 is 1.53 bits per heavy atom. The lowest BCUT2D eigenvalue weighted by Crippen LogP contribution is -2.28. The molecular formula is C18H24O. The quantitative estimate of drug-likeness (QED) is 0.720. The molecule has 1 fully saturated rings. The van der Waals surface area contributed by atoms with Gasteiger partial charge in [0.1, 0.15) is 5.78 Å². The maximum atomic E-state index is 12.7. The molecule has 1 unspecified atom stereocenters. The number of fused-ring (bicyclic) bond motifs is 1. The molecule has 0 heterocycles. The van der Waals surface area contributed by atoms with Crippen LogP contribution >= 0.6 is 0 Å². The van der Waals surface area contributed by atoms with Gasteiger partial charge in [0.15, 0.2) is 0 Å². The van der Waals surface area contributed by atoms with Crippen LogP contribution in [-0.4, -0.2) is 5.78 Å². The Morgan fingerprint density at radius 1 is 0.842 bits per heavy atom. The third kappa shape index (κ3) is 2.91. The average Bonchev–Trinajstić information content (AvgIpc) is 2.75. The average molecular weight is 256 g/mol. The molecule has 0 bridgehead atoms. The van der Waals surface area contributed by atoms with Crippen molar-refractivity contribution in [3.05, 3.63) is 35.4 Å². The zero-order valence-electron chi connectivity index (χ0n) is 11.7. The smallest absolute Gasteiger partial charge is 0.139 e. The Bertz CT molecular complexity index is 441. The van der Waals surface area contributed by atoms with Crippen LogP contribution in [-0.2, 0) is 17.6 Å². The van der Waals surface area contributed by atoms with Crippen LogP contribution in [0.1, 0.15) is 56.1 Å². The van der Waals surface area contributed by atoms with Gasteiger partial charge in [0.2, 0.25) is 0 Å². The third-order valence-corrected chi connectivity index (χ3v) is 5.01. The van der Waals surface area contributed by atoms with Gasteiger partial charge >= 0.3 is 0 Å². The number of aryl methyl sites for hydroxylation is 1. The van der Waals surface area contributed by atoms with Gasteiger partial charge in [0.25, 0.3) is 0 Å². The van der Waals surface area contributed by atoms with E-state index in [1.807, 2.05) is 0 Å². The van der Waals surface area contributed by atoms with Crippen molar-refractivity contribution < 1.29 is 4.79 Å². The van der Waals surface area contributed by atoms with E-state index in [0.717, 1.165) is 32.1 Å². The molecule has 0 aliphatic heterocycles. The summed E-state index contributed by atoms with van der Waals surface area (Å²) in [7, 11) is 0. The highest BCUT2D eigenvalue weighted by atomic mass is 16.1. The summed E-state index contributed by atoms with van der Waals surface area (Å²) in [6.07, 6.45) is 10.7. The van der Waals surface area contributed by atoms with E-state index < -0.39 is 0 Å². The van der Waals surface area contributed by atoms with E-state index >= 15 is 0 Å². The number of benzene rings is 1. The molecule has 2 aliphatic carbocycles. The van der Waals surface area contributed by atoms with Crippen LogP contribution in [0.3, 0.4) is 0 Å². The summed E-state index contributed by atoms with van der Waals surface area (Å²) in [6, 6.07) is 8.66. The lowest BCUT2D eigenvalue weighted by Gasteiger charge is -2.26. The van der Waals surface area contributed by atoms with Gasteiger partial charge in [-0.15, -0.1) is 0 Å². The van der Waals surface area contributed by atoms with Crippen LogP contribution in [0.25, 0.3) is 0 Å². The number of carbonyl (C=O) groups is 1. The molecule has 0 N–H and O–H groups in total. The van der Waals surface area contributed by atoms with Crippen molar-refractivity contribution in [2.75, 3.05) is 0 Å². The molecule has 1 aromatic rings. The minimum atomic E-state index is 0.304. The lowest BCUT2D eigenvalue weighted by atomic mass is 9.77. The highest BCUT2D eigenvalue weighted by Crippen LogP contribution is 2.32. The van der Waals surface area contributed by atoms with Crippen molar-refractivity contribution >= 4 is 5.78 Å². The highest BCUT2D eigenvalue weighted by molar-refractivity contribution is 5.84. The minimum absolute atomic E-state index is 0.304. The van der Waals surface area contributed by atoms with Gasteiger partial charge in [0.05, 0.1) is 0 Å². The number of hydrogen-bond donors (Lipinski definition) is 0. The Balaban J connectivity index is 1.68. The number of carbonyl (C=O) groups excluding carboxylic acids is 1. The van der Waals surface area contributed by atoms with E-state index in [0.29, 0.717) is 17.6 Å². The van der Waals surface area contributed by atoms with Gasteiger partial charge in [-0.2, -0.15) is 0 Å². The second-order valence-corrected chi connectivity index (χ2v) is 6.30. The number of ketones is 1. The molecule has 0 saturated heterocycles. The fourth-order valence-corrected chi connectivity index (χ4v) is 3.84. The Labute approximate surface area is 116 Å². The molecule has 0 spiro atoms. The molecule has 1 saturated carbocycles. The summed E-state index contributed by atoms with van der Waals surface area (Å²) in [4.78, 5) is 12.7. The fraction of sp³-hybridized carbons (Fsp3) is 0.611. The lowest BCUT2D eigenvalue weighted by molar-refractivity contribution is -0.127. The first-order chi connectivity index (χ1) is 9.34.